The van der Waals surface area contributed by atoms with Gasteiger partial charge in [0.1, 0.15) is 0 Å². The van der Waals surface area contributed by atoms with Gasteiger partial charge in [0.15, 0.2) is 23.1 Å². The summed E-state index contributed by atoms with van der Waals surface area (Å²) in [5.74, 6) is -2.30. The summed E-state index contributed by atoms with van der Waals surface area (Å²) in [5.41, 5.74) is 0.611. The highest BCUT2D eigenvalue weighted by molar-refractivity contribution is 6.03. The van der Waals surface area contributed by atoms with E-state index >= 15 is 0 Å². The number of benzene rings is 2. The number of hydrogen-bond acceptors (Lipinski definition) is 5. The summed E-state index contributed by atoms with van der Waals surface area (Å²) in [5, 5.41) is 2.51. The molecule has 1 aliphatic rings. The Hall–Kier alpha value is -3.36. The number of ether oxygens (including phenoxy) is 3. The summed E-state index contributed by atoms with van der Waals surface area (Å²) < 4.78 is 42.2. The fourth-order valence-electron chi connectivity index (χ4n) is 3.17. The van der Waals surface area contributed by atoms with Gasteiger partial charge in [-0.25, -0.2) is 8.78 Å². The van der Waals surface area contributed by atoms with Crippen LogP contribution in [0.1, 0.15) is 6.42 Å². The van der Waals surface area contributed by atoms with Gasteiger partial charge in [0.25, 0.3) is 0 Å². The molecule has 2 aromatic carbocycles. The molecule has 1 fully saturated rings. The largest absolute Gasteiger partial charge is 0.493 e. The quantitative estimate of drug-likeness (QED) is 0.798. The van der Waals surface area contributed by atoms with E-state index in [0.29, 0.717) is 22.9 Å². The summed E-state index contributed by atoms with van der Waals surface area (Å²) in [6, 6.07) is 6.31. The van der Waals surface area contributed by atoms with Crippen molar-refractivity contribution in [1.82, 2.24) is 0 Å². The zero-order chi connectivity index (χ0) is 21.1. The van der Waals surface area contributed by atoms with Crippen LogP contribution in [0.25, 0.3) is 0 Å². The highest BCUT2D eigenvalue weighted by Crippen LogP contribution is 2.42. The molecule has 0 saturated carbocycles. The monoisotopic (exact) mass is 406 g/mol. The fourth-order valence-corrected chi connectivity index (χ4v) is 3.17. The minimum Gasteiger partial charge on any atom is -0.493 e. The van der Waals surface area contributed by atoms with Gasteiger partial charge >= 0.3 is 0 Å². The molecule has 0 unspecified atom stereocenters. The molecule has 3 rings (SSSR count). The number of anilines is 2. The lowest BCUT2D eigenvalue weighted by Crippen LogP contribution is -2.28. The van der Waals surface area contributed by atoms with Gasteiger partial charge in [-0.15, -0.1) is 0 Å². The molecule has 1 N–H and O–H groups in total. The van der Waals surface area contributed by atoms with Crippen molar-refractivity contribution in [2.24, 2.45) is 5.92 Å². The van der Waals surface area contributed by atoms with Gasteiger partial charge in [-0.2, -0.15) is 0 Å². The number of methoxy groups -OCH3 is 3. The van der Waals surface area contributed by atoms with E-state index in [0.717, 1.165) is 12.1 Å². The fraction of sp³-hybridized carbons (Fsp3) is 0.300. The third-order valence-electron chi connectivity index (χ3n) is 4.64. The second-order valence-electron chi connectivity index (χ2n) is 6.41. The van der Waals surface area contributed by atoms with Gasteiger partial charge in [0.2, 0.25) is 17.6 Å². The van der Waals surface area contributed by atoms with Crippen LogP contribution in [0.3, 0.4) is 0 Å². The minimum atomic E-state index is -1.07. The van der Waals surface area contributed by atoms with E-state index in [1.165, 1.54) is 32.3 Å². The zero-order valence-corrected chi connectivity index (χ0v) is 16.1. The summed E-state index contributed by atoms with van der Waals surface area (Å²) >= 11 is 0. The van der Waals surface area contributed by atoms with Crippen molar-refractivity contribution in [1.29, 1.82) is 0 Å². The zero-order valence-electron chi connectivity index (χ0n) is 16.1. The molecule has 9 heteroatoms. The molecule has 0 spiro atoms. The van der Waals surface area contributed by atoms with Crippen molar-refractivity contribution >= 4 is 23.2 Å². The maximum absolute atomic E-state index is 13.3. The highest BCUT2D eigenvalue weighted by Gasteiger charge is 2.36. The molecule has 1 heterocycles. The van der Waals surface area contributed by atoms with E-state index in [-0.39, 0.29) is 24.6 Å². The van der Waals surface area contributed by atoms with E-state index < -0.39 is 23.5 Å². The lowest BCUT2D eigenvalue weighted by atomic mass is 10.1. The van der Waals surface area contributed by atoms with E-state index in [9.17, 15) is 18.4 Å². The van der Waals surface area contributed by atoms with Crippen LogP contribution in [0.2, 0.25) is 0 Å². The third-order valence-corrected chi connectivity index (χ3v) is 4.64. The van der Waals surface area contributed by atoms with Crippen LogP contribution >= 0.6 is 0 Å². The Morgan fingerprint density at radius 2 is 1.69 bits per heavy atom. The number of nitrogens with zero attached hydrogens (tertiary/aromatic N) is 1. The molecule has 7 nitrogen and oxygen atoms in total. The maximum Gasteiger partial charge on any atom is 0.229 e. The van der Waals surface area contributed by atoms with Crippen molar-refractivity contribution < 1.29 is 32.6 Å². The number of amides is 2. The topological polar surface area (TPSA) is 77.1 Å². The van der Waals surface area contributed by atoms with Gasteiger partial charge in [-0.1, -0.05) is 0 Å². The first-order valence-corrected chi connectivity index (χ1v) is 8.74. The molecule has 0 aromatic heterocycles. The summed E-state index contributed by atoms with van der Waals surface area (Å²) in [4.78, 5) is 26.5. The van der Waals surface area contributed by atoms with Gasteiger partial charge in [0, 0.05) is 36.9 Å². The van der Waals surface area contributed by atoms with Crippen LogP contribution in [0.5, 0.6) is 17.2 Å². The molecule has 2 amide bonds. The molecule has 154 valence electrons. The van der Waals surface area contributed by atoms with Crippen LogP contribution in [0.15, 0.2) is 30.3 Å². The molecule has 0 bridgehead atoms. The number of carbonyl (C=O) groups excluding carboxylic acids is 2. The normalized spacial score (nSPS) is 16.0. The summed E-state index contributed by atoms with van der Waals surface area (Å²) in [6.07, 6.45) is -0.0217. The average molecular weight is 406 g/mol. The van der Waals surface area contributed by atoms with Crippen molar-refractivity contribution in [3.63, 3.8) is 0 Å². The molecule has 1 atom stereocenters. The molecule has 1 saturated heterocycles. The first kappa shape index (κ1) is 20.4. The Balaban J connectivity index is 1.79. The SMILES string of the molecule is COc1cc(N2C[C@H](C(=O)Nc3ccc(F)c(F)c3)CC2=O)cc(OC)c1OC. The smallest absolute Gasteiger partial charge is 0.229 e. The van der Waals surface area contributed by atoms with Crippen molar-refractivity contribution in [2.75, 3.05) is 38.1 Å². The lowest BCUT2D eigenvalue weighted by molar-refractivity contribution is -0.122. The van der Waals surface area contributed by atoms with E-state index in [4.69, 9.17) is 14.2 Å². The third kappa shape index (κ3) is 4.08. The van der Waals surface area contributed by atoms with E-state index in [1.54, 1.807) is 12.1 Å². The van der Waals surface area contributed by atoms with Crippen LogP contribution in [0, 0.1) is 17.6 Å². The summed E-state index contributed by atoms with van der Waals surface area (Å²) in [6.45, 7) is 0.118. The van der Waals surface area contributed by atoms with Crippen molar-refractivity contribution in [2.45, 2.75) is 6.42 Å². The minimum absolute atomic E-state index is 0.0217. The Morgan fingerprint density at radius 3 is 2.24 bits per heavy atom. The van der Waals surface area contributed by atoms with Gasteiger partial charge < -0.3 is 24.4 Å². The highest BCUT2D eigenvalue weighted by atomic mass is 19.2. The number of halogens is 2. The molecule has 29 heavy (non-hydrogen) atoms. The second-order valence-corrected chi connectivity index (χ2v) is 6.41. The van der Waals surface area contributed by atoms with Gasteiger partial charge in [0.05, 0.1) is 32.9 Å². The van der Waals surface area contributed by atoms with E-state index in [2.05, 4.69) is 5.32 Å². The number of hydrogen-bond donors (Lipinski definition) is 1. The van der Waals surface area contributed by atoms with Crippen LogP contribution in [-0.2, 0) is 9.59 Å². The first-order chi connectivity index (χ1) is 13.9. The van der Waals surface area contributed by atoms with Gasteiger partial charge in [-0.05, 0) is 12.1 Å². The maximum atomic E-state index is 13.3. The first-order valence-electron chi connectivity index (χ1n) is 8.74. The predicted molar refractivity (Wildman–Crippen MR) is 102 cm³/mol. The molecule has 0 aliphatic carbocycles. The molecule has 2 aromatic rings. The standard InChI is InChI=1S/C20H20F2N2O5/c1-27-16-8-13(9-17(28-2)19(16)29-3)24-10-11(6-18(24)25)20(26)23-12-4-5-14(21)15(22)7-12/h4-5,7-9,11H,6,10H2,1-3H3,(H,23,26)/t11-/m1/s1. The number of rotatable bonds is 6. The summed E-state index contributed by atoms with van der Waals surface area (Å²) in [7, 11) is 4.40. The molecule has 0 radical (unpaired) electrons. The van der Waals surface area contributed by atoms with Crippen LogP contribution in [-0.4, -0.2) is 39.7 Å². The van der Waals surface area contributed by atoms with Crippen LogP contribution in [0.4, 0.5) is 20.2 Å². The lowest BCUT2D eigenvalue weighted by Gasteiger charge is -2.20. The predicted octanol–water partition coefficient (Wildman–Crippen LogP) is 2.98. The molecule has 1 aliphatic heterocycles. The Kier molecular flexibility index (Phi) is 5.86. The average Bonchev–Trinajstić information content (AvgIpc) is 3.11. The Bertz CT molecular complexity index is 925. The molecular formula is C20H20F2N2O5. The Labute approximate surface area is 166 Å². The van der Waals surface area contributed by atoms with Crippen LogP contribution < -0.4 is 24.4 Å². The van der Waals surface area contributed by atoms with Crippen molar-refractivity contribution in [3.8, 4) is 17.2 Å². The number of carbonyl (C=O) groups is 2. The Morgan fingerprint density at radius 1 is 1.03 bits per heavy atom. The van der Waals surface area contributed by atoms with Gasteiger partial charge in [-0.3, -0.25) is 9.59 Å². The van der Waals surface area contributed by atoms with E-state index in [1.807, 2.05) is 0 Å². The second kappa shape index (κ2) is 8.34. The van der Waals surface area contributed by atoms with Crippen molar-refractivity contribution in [3.05, 3.63) is 42.0 Å². The number of nitrogens with one attached hydrogen (secondary N) is 1. The molecular weight excluding hydrogens is 386 g/mol.